The van der Waals surface area contributed by atoms with Crippen molar-refractivity contribution in [2.24, 2.45) is 0 Å². The molecule has 0 saturated carbocycles. The van der Waals surface area contributed by atoms with Gasteiger partial charge in [0.2, 0.25) is 0 Å². The second kappa shape index (κ2) is 4.94. The summed E-state index contributed by atoms with van der Waals surface area (Å²) in [6.07, 6.45) is -0.612. The summed E-state index contributed by atoms with van der Waals surface area (Å²) in [5.74, 6) is -1.30. The molecule has 15 heavy (non-hydrogen) atoms. The molecule has 1 rings (SSSR count). The Bertz CT molecular complexity index is 320. The van der Waals surface area contributed by atoms with E-state index in [-0.39, 0.29) is 6.61 Å². The van der Waals surface area contributed by atoms with Crippen LogP contribution in [-0.2, 0) is 4.74 Å². The van der Waals surface area contributed by atoms with Gasteiger partial charge in [-0.15, -0.1) is 0 Å². The van der Waals surface area contributed by atoms with Gasteiger partial charge in [-0.05, 0) is 19.9 Å². The topological polar surface area (TPSA) is 49.7 Å². The molecule has 0 saturated heterocycles. The number of aliphatic hydroxyl groups is 2. The van der Waals surface area contributed by atoms with Gasteiger partial charge in [0.05, 0.1) is 6.61 Å². The molecule has 84 valence electrons. The van der Waals surface area contributed by atoms with Gasteiger partial charge < -0.3 is 14.9 Å². The van der Waals surface area contributed by atoms with E-state index >= 15 is 0 Å². The smallest absolute Gasteiger partial charge is 0.160 e. The van der Waals surface area contributed by atoms with E-state index in [0.717, 1.165) is 0 Å². The van der Waals surface area contributed by atoms with Crippen molar-refractivity contribution in [1.29, 1.82) is 0 Å². The van der Waals surface area contributed by atoms with Gasteiger partial charge in [-0.1, -0.05) is 29.8 Å². The van der Waals surface area contributed by atoms with Crippen LogP contribution in [0.3, 0.4) is 0 Å². The third kappa shape index (κ3) is 3.80. The van der Waals surface area contributed by atoms with Crippen molar-refractivity contribution in [3.63, 3.8) is 0 Å². The molecular formula is C11H15ClO3. The lowest BCUT2D eigenvalue weighted by Gasteiger charge is -2.25. The molecule has 0 bridgehead atoms. The normalized spacial score (nSPS) is 13.9. The SMILES string of the molecule is CC(C)(O)O[C@H](CO)c1ccccc1Cl. The van der Waals surface area contributed by atoms with Crippen LogP contribution >= 0.6 is 11.6 Å². The van der Waals surface area contributed by atoms with E-state index in [1.807, 2.05) is 0 Å². The van der Waals surface area contributed by atoms with Gasteiger partial charge in [-0.25, -0.2) is 0 Å². The predicted octanol–water partition coefficient (Wildman–Crippen LogP) is 2.12. The van der Waals surface area contributed by atoms with E-state index in [4.69, 9.17) is 16.3 Å². The predicted molar refractivity (Wildman–Crippen MR) is 58.7 cm³/mol. The zero-order valence-electron chi connectivity index (χ0n) is 8.77. The van der Waals surface area contributed by atoms with Crippen LogP contribution in [0.4, 0.5) is 0 Å². The summed E-state index contributed by atoms with van der Waals surface area (Å²) in [4.78, 5) is 0. The Balaban J connectivity index is 2.88. The van der Waals surface area contributed by atoms with Crippen molar-refractivity contribution in [3.05, 3.63) is 34.9 Å². The first-order valence-electron chi connectivity index (χ1n) is 4.69. The van der Waals surface area contributed by atoms with Crippen LogP contribution in [0.25, 0.3) is 0 Å². The molecule has 0 unspecified atom stereocenters. The Labute approximate surface area is 94.3 Å². The first-order valence-corrected chi connectivity index (χ1v) is 5.07. The van der Waals surface area contributed by atoms with Crippen molar-refractivity contribution < 1.29 is 14.9 Å². The molecule has 0 aromatic heterocycles. The first-order chi connectivity index (χ1) is 6.94. The van der Waals surface area contributed by atoms with Crippen LogP contribution in [0.1, 0.15) is 25.5 Å². The van der Waals surface area contributed by atoms with Gasteiger partial charge in [0.1, 0.15) is 6.10 Å². The highest BCUT2D eigenvalue weighted by Crippen LogP contribution is 2.27. The van der Waals surface area contributed by atoms with Crippen LogP contribution in [-0.4, -0.2) is 22.6 Å². The third-order valence-corrected chi connectivity index (χ3v) is 2.19. The maximum atomic E-state index is 9.49. The summed E-state index contributed by atoms with van der Waals surface area (Å²) in [6, 6.07) is 7.07. The number of halogens is 1. The molecule has 4 heteroatoms. The molecule has 2 N–H and O–H groups in total. The molecule has 3 nitrogen and oxygen atoms in total. The van der Waals surface area contributed by atoms with Gasteiger partial charge in [-0.3, -0.25) is 0 Å². The van der Waals surface area contributed by atoms with Crippen LogP contribution in [0.15, 0.2) is 24.3 Å². The molecule has 0 radical (unpaired) electrons. The fourth-order valence-corrected chi connectivity index (χ4v) is 1.54. The standard InChI is InChI=1S/C11H15ClO3/c1-11(2,14)15-10(7-13)8-5-3-4-6-9(8)12/h3-6,10,13-14H,7H2,1-2H3/t10-/m1/s1. The quantitative estimate of drug-likeness (QED) is 0.779. The highest BCUT2D eigenvalue weighted by molar-refractivity contribution is 6.31. The molecule has 1 aromatic carbocycles. The number of ether oxygens (including phenoxy) is 1. The van der Waals surface area contributed by atoms with Gasteiger partial charge in [0.25, 0.3) is 0 Å². The van der Waals surface area contributed by atoms with Crippen LogP contribution < -0.4 is 0 Å². The van der Waals surface area contributed by atoms with Gasteiger partial charge >= 0.3 is 0 Å². The molecule has 0 fully saturated rings. The number of aliphatic hydroxyl groups excluding tert-OH is 1. The summed E-state index contributed by atoms with van der Waals surface area (Å²) >= 11 is 5.95. The van der Waals surface area contributed by atoms with Crippen molar-refractivity contribution in [1.82, 2.24) is 0 Å². The molecule has 0 heterocycles. The fourth-order valence-electron chi connectivity index (χ4n) is 1.28. The van der Waals surface area contributed by atoms with Crippen LogP contribution in [0.2, 0.25) is 5.02 Å². The number of hydrogen-bond acceptors (Lipinski definition) is 3. The minimum Gasteiger partial charge on any atom is -0.393 e. The van der Waals surface area contributed by atoms with E-state index in [2.05, 4.69) is 0 Å². The fraction of sp³-hybridized carbons (Fsp3) is 0.455. The van der Waals surface area contributed by atoms with Crippen molar-refractivity contribution >= 4 is 11.6 Å². The van der Waals surface area contributed by atoms with Gasteiger partial charge in [-0.2, -0.15) is 0 Å². The van der Waals surface area contributed by atoms with E-state index in [1.54, 1.807) is 24.3 Å². The molecule has 1 atom stereocenters. The Kier molecular flexibility index (Phi) is 4.11. The highest BCUT2D eigenvalue weighted by atomic mass is 35.5. The van der Waals surface area contributed by atoms with Gasteiger partial charge in [0, 0.05) is 10.6 Å². The van der Waals surface area contributed by atoms with Crippen LogP contribution in [0, 0.1) is 0 Å². The first kappa shape index (κ1) is 12.5. The third-order valence-electron chi connectivity index (χ3n) is 1.85. The molecule has 0 aliphatic heterocycles. The van der Waals surface area contributed by atoms with E-state index in [9.17, 15) is 10.2 Å². The Morgan fingerprint density at radius 3 is 2.47 bits per heavy atom. The molecule has 0 amide bonds. The summed E-state index contributed by atoms with van der Waals surface area (Å²) in [5.41, 5.74) is 0.670. The zero-order valence-corrected chi connectivity index (χ0v) is 9.53. The molecule has 1 aromatic rings. The lowest BCUT2D eigenvalue weighted by atomic mass is 10.1. The number of rotatable bonds is 4. The molecular weight excluding hydrogens is 216 g/mol. The average molecular weight is 231 g/mol. The van der Waals surface area contributed by atoms with E-state index in [0.29, 0.717) is 10.6 Å². The minimum absolute atomic E-state index is 0.228. The maximum absolute atomic E-state index is 9.49. The molecule has 0 spiro atoms. The lowest BCUT2D eigenvalue weighted by Crippen LogP contribution is -2.27. The van der Waals surface area contributed by atoms with Crippen molar-refractivity contribution in [2.45, 2.75) is 25.7 Å². The zero-order chi connectivity index (χ0) is 11.5. The summed E-state index contributed by atoms with van der Waals surface area (Å²) in [5, 5.41) is 19.2. The molecule has 0 aliphatic carbocycles. The highest BCUT2D eigenvalue weighted by Gasteiger charge is 2.22. The maximum Gasteiger partial charge on any atom is 0.160 e. The minimum atomic E-state index is -1.30. The number of benzene rings is 1. The number of hydrogen-bond donors (Lipinski definition) is 2. The van der Waals surface area contributed by atoms with Crippen molar-refractivity contribution in [3.8, 4) is 0 Å². The second-order valence-corrected chi connectivity index (χ2v) is 4.16. The Morgan fingerprint density at radius 1 is 1.40 bits per heavy atom. The monoisotopic (exact) mass is 230 g/mol. The lowest BCUT2D eigenvalue weighted by molar-refractivity contribution is -0.214. The van der Waals surface area contributed by atoms with E-state index in [1.165, 1.54) is 13.8 Å². The summed E-state index contributed by atoms with van der Waals surface area (Å²) in [6.45, 7) is 2.78. The Morgan fingerprint density at radius 2 is 2.00 bits per heavy atom. The average Bonchev–Trinajstić information content (AvgIpc) is 2.14. The van der Waals surface area contributed by atoms with Crippen molar-refractivity contribution in [2.75, 3.05) is 6.61 Å². The van der Waals surface area contributed by atoms with Crippen LogP contribution in [0.5, 0.6) is 0 Å². The van der Waals surface area contributed by atoms with E-state index < -0.39 is 11.9 Å². The molecule has 0 aliphatic rings. The largest absolute Gasteiger partial charge is 0.393 e. The second-order valence-electron chi connectivity index (χ2n) is 3.76. The summed E-state index contributed by atoms with van der Waals surface area (Å²) < 4.78 is 5.27. The summed E-state index contributed by atoms with van der Waals surface area (Å²) in [7, 11) is 0. The Hall–Kier alpha value is -0.610. The van der Waals surface area contributed by atoms with Gasteiger partial charge in [0.15, 0.2) is 5.79 Å².